The quantitative estimate of drug-likeness (QED) is 0.344. The van der Waals surface area contributed by atoms with Gasteiger partial charge in [0.15, 0.2) is 0 Å². The van der Waals surface area contributed by atoms with Crippen molar-refractivity contribution >= 4 is 5.84 Å². The van der Waals surface area contributed by atoms with Crippen LogP contribution in [0.5, 0.6) is 0 Å². The van der Waals surface area contributed by atoms with Gasteiger partial charge in [-0.1, -0.05) is 32.9 Å². The standard InChI is InChI=1S/C13H27N3O/c1-10(12(14)15-17)9-16-7-5-11(6-8-16)13(2,3)4/h10-11,17H,5-9H2,1-4H3,(H2,14,15). The summed E-state index contributed by atoms with van der Waals surface area (Å²) in [5.74, 6) is 1.28. The fraction of sp³-hybridized carbons (Fsp3) is 0.923. The number of piperidine rings is 1. The fourth-order valence-corrected chi connectivity index (χ4v) is 2.56. The van der Waals surface area contributed by atoms with Gasteiger partial charge in [0.2, 0.25) is 0 Å². The Hall–Kier alpha value is -0.770. The zero-order chi connectivity index (χ0) is 13.1. The van der Waals surface area contributed by atoms with Gasteiger partial charge in [-0.25, -0.2) is 0 Å². The van der Waals surface area contributed by atoms with Gasteiger partial charge >= 0.3 is 0 Å². The third kappa shape index (κ3) is 4.19. The molecular formula is C13H27N3O. The molecule has 0 aromatic rings. The minimum absolute atomic E-state index is 0.131. The molecule has 1 unspecified atom stereocenters. The number of hydrogen-bond acceptors (Lipinski definition) is 3. The Bertz CT molecular complexity index is 262. The number of hydrogen-bond donors (Lipinski definition) is 2. The lowest BCUT2D eigenvalue weighted by molar-refractivity contribution is 0.108. The minimum atomic E-state index is 0.131. The lowest BCUT2D eigenvalue weighted by atomic mass is 9.75. The van der Waals surface area contributed by atoms with Crippen molar-refractivity contribution in [1.29, 1.82) is 0 Å². The van der Waals surface area contributed by atoms with Crippen LogP contribution in [0.3, 0.4) is 0 Å². The molecule has 4 heteroatoms. The van der Waals surface area contributed by atoms with Gasteiger partial charge in [-0.15, -0.1) is 0 Å². The van der Waals surface area contributed by atoms with Crippen molar-refractivity contribution < 1.29 is 5.21 Å². The summed E-state index contributed by atoms with van der Waals surface area (Å²) in [5.41, 5.74) is 6.02. The second kappa shape index (κ2) is 5.71. The molecule has 1 fully saturated rings. The third-order valence-corrected chi connectivity index (χ3v) is 3.96. The van der Waals surface area contributed by atoms with E-state index in [4.69, 9.17) is 10.9 Å². The maximum Gasteiger partial charge on any atom is 0.143 e. The summed E-state index contributed by atoms with van der Waals surface area (Å²) in [6, 6.07) is 0. The van der Waals surface area contributed by atoms with Gasteiger partial charge in [0.25, 0.3) is 0 Å². The number of likely N-dealkylation sites (tertiary alicyclic amines) is 1. The molecule has 0 spiro atoms. The summed E-state index contributed by atoms with van der Waals surface area (Å²) in [7, 11) is 0. The highest BCUT2D eigenvalue weighted by Gasteiger charge is 2.29. The van der Waals surface area contributed by atoms with Crippen molar-refractivity contribution in [1.82, 2.24) is 4.90 Å². The van der Waals surface area contributed by atoms with Crippen LogP contribution in [0.4, 0.5) is 0 Å². The highest BCUT2D eigenvalue weighted by atomic mass is 16.4. The van der Waals surface area contributed by atoms with E-state index >= 15 is 0 Å². The fourth-order valence-electron chi connectivity index (χ4n) is 2.56. The van der Waals surface area contributed by atoms with E-state index in [1.54, 1.807) is 0 Å². The Labute approximate surface area is 105 Å². The Kier molecular flexibility index (Phi) is 4.80. The molecule has 100 valence electrons. The zero-order valence-corrected chi connectivity index (χ0v) is 11.6. The van der Waals surface area contributed by atoms with Crippen LogP contribution in [0.2, 0.25) is 0 Å². The van der Waals surface area contributed by atoms with E-state index < -0.39 is 0 Å². The summed E-state index contributed by atoms with van der Waals surface area (Å²) in [4.78, 5) is 2.42. The molecule has 0 aromatic carbocycles. The van der Waals surface area contributed by atoms with Gasteiger partial charge in [0.05, 0.1) is 0 Å². The normalized spacial score (nSPS) is 22.7. The smallest absolute Gasteiger partial charge is 0.143 e. The van der Waals surface area contributed by atoms with Crippen LogP contribution < -0.4 is 5.73 Å². The molecule has 4 nitrogen and oxygen atoms in total. The predicted molar refractivity (Wildman–Crippen MR) is 71.2 cm³/mol. The first-order valence-electron chi connectivity index (χ1n) is 6.54. The highest BCUT2D eigenvalue weighted by molar-refractivity contribution is 5.82. The molecular weight excluding hydrogens is 214 g/mol. The van der Waals surface area contributed by atoms with E-state index in [9.17, 15) is 0 Å². The van der Waals surface area contributed by atoms with Crippen molar-refractivity contribution in [2.45, 2.75) is 40.5 Å². The molecule has 1 aliphatic heterocycles. The summed E-state index contributed by atoms with van der Waals surface area (Å²) >= 11 is 0. The van der Waals surface area contributed by atoms with E-state index in [2.05, 4.69) is 30.8 Å². The van der Waals surface area contributed by atoms with E-state index in [-0.39, 0.29) is 5.92 Å². The van der Waals surface area contributed by atoms with Crippen molar-refractivity contribution in [2.75, 3.05) is 19.6 Å². The van der Waals surface area contributed by atoms with Crippen LogP contribution in [0, 0.1) is 17.3 Å². The largest absolute Gasteiger partial charge is 0.409 e. The summed E-state index contributed by atoms with van der Waals surface area (Å²) < 4.78 is 0. The summed E-state index contributed by atoms with van der Waals surface area (Å²) in [6.45, 7) is 12.1. The lowest BCUT2D eigenvalue weighted by Gasteiger charge is -2.39. The van der Waals surface area contributed by atoms with Crippen molar-refractivity contribution in [3.05, 3.63) is 0 Å². The average molecular weight is 241 g/mol. The molecule has 1 rings (SSSR count). The zero-order valence-electron chi connectivity index (χ0n) is 11.6. The minimum Gasteiger partial charge on any atom is -0.409 e. The molecule has 17 heavy (non-hydrogen) atoms. The first-order chi connectivity index (χ1) is 7.84. The number of rotatable bonds is 3. The van der Waals surface area contributed by atoms with Gasteiger partial charge in [-0.05, 0) is 37.3 Å². The molecule has 1 heterocycles. The van der Waals surface area contributed by atoms with E-state index in [1.807, 2.05) is 6.92 Å². The first-order valence-corrected chi connectivity index (χ1v) is 6.54. The second-order valence-corrected chi connectivity index (χ2v) is 6.37. The lowest BCUT2D eigenvalue weighted by Crippen LogP contribution is -2.42. The van der Waals surface area contributed by atoms with Crippen LogP contribution >= 0.6 is 0 Å². The molecule has 0 amide bonds. The van der Waals surface area contributed by atoms with E-state index in [0.717, 1.165) is 25.6 Å². The number of nitrogens with zero attached hydrogens (tertiary/aromatic N) is 2. The molecule has 0 aliphatic carbocycles. The molecule has 0 saturated carbocycles. The molecule has 3 N–H and O–H groups in total. The van der Waals surface area contributed by atoms with Gasteiger partial charge in [-0.2, -0.15) is 0 Å². The Balaban J connectivity index is 2.38. The van der Waals surface area contributed by atoms with Crippen LogP contribution in [-0.4, -0.2) is 35.6 Å². The van der Waals surface area contributed by atoms with Gasteiger partial charge < -0.3 is 15.8 Å². The van der Waals surface area contributed by atoms with Crippen LogP contribution in [0.15, 0.2) is 5.16 Å². The van der Waals surface area contributed by atoms with Crippen molar-refractivity contribution in [2.24, 2.45) is 28.1 Å². The Morgan fingerprint density at radius 1 is 1.41 bits per heavy atom. The molecule has 0 aromatic heterocycles. The molecule has 0 radical (unpaired) electrons. The van der Waals surface area contributed by atoms with Gasteiger partial charge in [0.1, 0.15) is 5.84 Å². The monoisotopic (exact) mass is 241 g/mol. The number of oxime groups is 1. The van der Waals surface area contributed by atoms with Crippen molar-refractivity contribution in [3.8, 4) is 0 Å². The summed E-state index contributed by atoms with van der Waals surface area (Å²) in [6.07, 6.45) is 2.51. The molecule has 0 bridgehead atoms. The van der Waals surface area contributed by atoms with Gasteiger partial charge in [-0.3, -0.25) is 0 Å². The third-order valence-electron chi connectivity index (χ3n) is 3.96. The summed E-state index contributed by atoms with van der Waals surface area (Å²) in [5, 5.41) is 11.7. The number of nitrogens with two attached hydrogens (primary N) is 1. The highest BCUT2D eigenvalue weighted by Crippen LogP contribution is 2.34. The van der Waals surface area contributed by atoms with E-state index in [0.29, 0.717) is 11.3 Å². The second-order valence-electron chi connectivity index (χ2n) is 6.37. The number of amidine groups is 1. The van der Waals surface area contributed by atoms with E-state index in [1.165, 1.54) is 12.8 Å². The van der Waals surface area contributed by atoms with Crippen molar-refractivity contribution in [3.63, 3.8) is 0 Å². The molecule has 1 saturated heterocycles. The maximum absolute atomic E-state index is 8.63. The SMILES string of the molecule is CC(CN1CCC(C(C)(C)C)CC1)C(N)=NO. The Morgan fingerprint density at radius 2 is 1.94 bits per heavy atom. The van der Waals surface area contributed by atoms with Crippen LogP contribution in [0.1, 0.15) is 40.5 Å². The van der Waals surface area contributed by atoms with Gasteiger partial charge in [0, 0.05) is 12.5 Å². The molecule has 1 atom stereocenters. The topological polar surface area (TPSA) is 61.8 Å². The first kappa shape index (κ1) is 14.3. The average Bonchev–Trinajstić information content (AvgIpc) is 2.27. The predicted octanol–water partition coefficient (Wildman–Crippen LogP) is 2.13. The van der Waals surface area contributed by atoms with Crippen LogP contribution in [-0.2, 0) is 0 Å². The Morgan fingerprint density at radius 3 is 2.35 bits per heavy atom. The maximum atomic E-state index is 8.63. The van der Waals surface area contributed by atoms with Crippen LogP contribution in [0.25, 0.3) is 0 Å². The molecule has 1 aliphatic rings.